The normalized spacial score (nSPS) is 24.2. The fraction of sp³-hybridized carbons (Fsp3) is 0.917. The van der Waals surface area contributed by atoms with Crippen LogP contribution in [0.4, 0.5) is 8.78 Å². The largest absolute Gasteiger partial charge is 0.375 e. The highest BCUT2D eigenvalue weighted by Gasteiger charge is 2.17. The van der Waals surface area contributed by atoms with Crippen molar-refractivity contribution in [2.45, 2.75) is 38.7 Å². The Morgan fingerprint density at radius 3 is 2.89 bits per heavy atom. The SMILES string of the molecule is CC1CCC(CNC(=O)CCOCC(F)F)CN1. The zero-order chi connectivity index (χ0) is 13.4. The Balaban J connectivity index is 1.99. The molecule has 0 aromatic rings. The Morgan fingerprint density at radius 1 is 1.50 bits per heavy atom. The lowest BCUT2D eigenvalue weighted by atomic mass is 9.95. The molecule has 2 unspecified atom stereocenters. The van der Waals surface area contributed by atoms with Crippen molar-refractivity contribution in [3.8, 4) is 0 Å². The van der Waals surface area contributed by atoms with Crippen LogP contribution in [0, 0.1) is 5.92 Å². The first-order valence-corrected chi connectivity index (χ1v) is 6.44. The number of carbonyl (C=O) groups is 1. The van der Waals surface area contributed by atoms with Crippen LogP contribution in [0.2, 0.25) is 0 Å². The van der Waals surface area contributed by atoms with E-state index < -0.39 is 13.0 Å². The summed E-state index contributed by atoms with van der Waals surface area (Å²) in [6.07, 6.45) is -0.0965. The summed E-state index contributed by atoms with van der Waals surface area (Å²) in [5.41, 5.74) is 0. The van der Waals surface area contributed by atoms with Crippen molar-refractivity contribution in [2.75, 3.05) is 26.3 Å². The first kappa shape index (κ1) is 15.3. The Bertz CT molecular complexity index is 244. The number of carbonyl (C=O) groups excluding carboxylic acids is 1. The Labute approximate surface area is 106 Å². The van der Waals surface area contributed by atoms with Gasteiger partial charge in [-0.15, -0.1) is 0 Å². The van der Waals surface area contributed by atoms with Crippen molar-refractivity contribution in [2.24, 2.45) is 5.92 Å². The third-order valence-electron chi connectivity index (χ3n) is 3.07. The Hall–Kier alpha value is -0.750. The third kappa shape index (κ3) is 6.86. The maximum atomic E-state index is 11.7. The third-order valence-corrected chi connectivity index (χ3v) is 3.07. The first-order chi connectivity index (χ1) is 8.58. The molecule has 1 heterocycles. The maximum Gasteiger partial charge on any atom is 0.261 e. The molecule has 2 N–H and O–H groups in total. The van der Waals surface area contributed by atoms with Crippen molar-refractivity contribution in [1.29, 1.82) is 0 Å². The monoisotopic (exact) mass is 264 g/mol. The van der Waals surface area contributed by atoms with Crippen LogP contribution in [0.15, 0.2) is 0 Å². The van der Waals surface area contributed by atoms with Gasteiger partial charge in [0.1, 0.15) is 6.61 Å². The molecule has 106 valence electrons. The van der Waals surface area contributed by atoms with Crippen molar-refractivity contribution < 1.29 is 18.3 Å². The fourth-order valence-corrected chi connectivity index (χ4v) is 1.92. The van der Waals surface area contributed by atoms with Crippen molar-refractivity contribution in [3.63, 3.8) is 0 Å². The van der Waals surface area contributed by atoms with Crippen LogP contribution < -0.4 is 10.6 Å². The van der Waals surface area contributed by atoms with E-state index >= 15 is 0 Å². The van der Waals surface area contributed by atoms with Gasteiger partial charge in [0.25, 0.3) is 6.43 Å². The highest BCUT2D eigenvalue weighted by Crippen LogP contribution is 2.12. The zero-order valence-electron chi connectivity index (χ0n) is 10.8. The van der Waals surface area contributed by atoms with Gasteiger partial charge in [0, 0.05) is 19.0 Å². The number of nitrogens with one attached hydrogen (secondary N) is 2. The lowest BCUT2D eigenvalue weighted by Gasteiger charge is -2.27. The summed E-state index contributed by atoms with van der Waals surface area (Å²) in [7, 11) is 0. The summed E-state index contributed by atoms with van der Waals surface area (Å²) in [5, 5.41) is 6.17. The van der Waals surface area contributed by atoms with Gasteiger partial charge in [-0.2, -0.15) is 0 Å². The average Bonchev–Trinajstić information content (AvgIpc) is 2.34. The standard InChI is InChI=1S/C12H22F2N2O2/c1-9-2-3-10(6-15-9)7-16-12(17)4-5-18-8-11(13)14/h9-11,15H,2-8H2,1H3,(H,16,17). The highest BCUT2D eigenvalue weighted by molar-refractivity contribution is 5.75. The number of amides is 1. The van der Waals surface area contributed by atoms with Crippen LogP contribution in [0.25, 0.3) is 0 Å². The molecule has 0 aliphatic carbocycles. The van der Waals surface area contributed by atoms with Crippen LogP contribution in [0.1, 0.15) is 26.2 Å². The molecule has 0 saturated carbocycles. The van der Waals surface area contributed by atoms with E-state index in [0.717, 1.165) is 19.4 Å². The maximum absolute atomic E-state index is 11.7. The van der Waals surface area contributed by atoms with Crippen molar-refractivity contribution in [1.82, 2.24) is 10.6 Å². The summed E-state index contributed by atoms with van der Waals surface area (Å²) in [5.74, 6) is 0.329. The van der Waals surface area contributed by atoms with E-state index in [1.165, 1.54) is 0 Å². The predicted octanol–water partition coefficient (Wildman–Crippen LogP) is 1.16. The molecule has 1 saturated heterocycles. The molecule has 1 amide bonds. The van der Waals surface area contributed by atoms with Crippen molar-refractivity contribution in [3.05, 3.63) is 0 Å². The fourth-order valence-electron chi connectivity index (χ4n) is 1.92. The summed E-state index contributed by atoms with van der Waals surface area (Å²) in [6.45, 7) is 3.17. The second kappa shape index (κ2) is 8.37. The molecule has 0 radical (unpaired) electrons. The van der Waals surface area contributed by atoms with Gasteiger partial charge in [0.2, 0.25) is 5.91 Å². The summed E-state index contributed by atoms with van der Waals surface area (Å²) in [4.78, 5) is 11.4. The molecule has 0 aromatic heterocycles. The van der Waals surface area contributed by atoms with Crippen LogP contribution in [-0.2, 0) is 9.53 Å². The lowest BCUT2D eigenvalue weighted by molar-refractivity contribution is -0.122. The van der Waals surface area contributed by atoms with E-state index in [1.54, 1.807) is 0 Å². The number of hydrogen-bond acceptors (Lipinski definition) is 3. The highest BCUT2D eigenvalue weighted by atomic mass is 19.3. The number of ether oxygens (including phenoxy) is 1. The summed E-state index contributed by atoms with van der Waals surface area (Å²) < 4.78 is 28.1. The first-order valence-electron chi connectivity index (χ1n) is 6.44. The molecule has 2 atom stereocenters. The minimum Gasteiger partial charge on any atom is -0.375 e. The molecule has 1 aliphatic rings. The molecule has 4 nitrogen and oxygen atoms in total. The molecule has 18 heavy (non-hydrogen) atoms. The van der Waals surface area contributed by atoms with Gasteiger partial charge < -0.3 is 15.4 Å². The molecule has 1 fully saturated rings. The second-order valence-corrected chi connectivity index (χ2v) is 4.77. The molecular weight excluding hydrogens is 242 g/mol. The van der Waals surface area contributed by atoms with Gasteiger partial charge in [0.05, 0.1) is 6.61 Å². The summed E-state index contributed by atoms with van der Waals surface area (Å²) >= 11 is 0. The number of rotatable bonds is 7. The Morgan fingerprint density at radius 2 is 2.28 bits per heavy atom. The Kier molecular flexibility index (Phi) is 7.12. The van der Waals surface area contributed by atoms with Gasteiger partial charge in [-0.3, -0.25) is 4.79 Å². The number of hydrogen-bond donors (Lipinski definition) is 2. The topological polar surface area (TPSA) is 50.4 Å². The van der Waals surface area contributed by atoms with E-state index in [4.69, 9.17) is 0 Å². The van der Waals surface area contributed by atoms with Crippen LogP contribution in [-0.4, -0.2) is 44.7 Å². The number of piperidine rings is 1. The quantitative estimate of drug-likeness (QED) is 0.679. The van der Waals surface area contributed by atoms with Gasteiger partial charge >= 0.3 is 0 Å². The van der Waals surface area contributed by atoms with E-state index in [9.17, 15) is 13.6 Å². The van der Waals surface area contributed by atoms with E-state index in [0.29, 0.717) is 18.5 Å². The van der Waals surface area contributed by atoms with Gasteiger partial charge in [-0.1, -0.05) is 0 Å². The summed E-state index contributed by atoms with van der Waals surface area (Å²) in [6, 6.07) is 0.555. The predicted molar refractivity (Wildman–Crippen MR) is 64.6 cm³/mol. The zero-order valence-corrected chi connectivity index (χ0v) is 10.8. The van der Waals surface area contributed by atoms with E-state index in [-0.39, 0.29) is 18.9 Å². The van der Waals surface area contributed by atoms with Crippen LogP contribution in [0.5, 0.6) is 0 Å². The van der Waals surface area contributed by atoms with Gasteiger partial charge in [0.15, 0.2) is 0 Å². The lowest BCUT2D eigenvalue weighted by Crippen LogP contribution is -2.42. The van der Waals surface area contributed by atoms with Gasteiger partial charge in [-0.25, -0.2) is 8.78 Å². The molecule has 1 rings (SSSR count). The van der Waals surface area contributed by atoms with Crippen molar-refractivity contribution >= 4 is 5.91 Å². The molecule has 0 aromatic carbocycles. The van der Waals surface area contributed by atoms with Crippen LogP contribution >= 0.6 is 0 Å². The number of halogens is 2. The molecule has 0 bridgehead atoms. The number of alkyl halides is 2. The van der Waals surface area contributed by atoms with Crippen LogP contribution in [0.3, 0.4) is 0 Å². The van der Waals surface area contributed by atoms with E-state index in [2.05, 4.69) is 22.3 Å². The van der Waals surface area contributed by atoms with E-state index in [1.807, 2.05) is 0 Å². The average molecular weight is 264 g/mol. The second-order valence-electron chi connectivity index (χ2n) is 4.77. The van der Waals surface area contributed by atoms with Gasteiger partial charge in [-0.05, 0) is 32.2 Å². The molecule has 0 spiro atoms. The minimum atomic E-state index is -2.47. The molecule has 6 heteroatoms. The minimum absolute atomic E-state index is 0.0517. The smallest absolute Gasteiger partial charge is 0.261 e. The molecular formula is C12H22F2N2O2. The molecule has 1 aliphatic heterocycles.